The first-order valence-electron chi connectivity index (χ1n) is 7.59. The van der Waals surface area contributed by atoms with Gasteiger partial charge in [0.2, 0.25) is 0 Å². The summed E-state index contributed by atoms with van der Waals surface area (Å²) >= 11 is 0. The second kappa shape index (κ2) is 8.31. The molecule has 0 saturated carbocycles. The molecule has 0 aliphatic heterocycles. The van der Waals surface area contributed by atoms with Crippen LogP contribution < -0.4 is 0 Å². The van der Waals surface area contributed by atoms with Crippen molar-refractivity contribution < 1.29 is 0 Å². The van der Waals surface area contributed by atoms with Crippen molar-refractivity contribution in [2.24, 2.45) is 0 Å². The number of aromatic nitrogens is 1. The number of hydrogen-bond donors (Lipinski definition) is 0. The Morgan fingerprint density at radius 3 is 2.45 bits per heavy atom. The molecule has 0 radical (unpaired) electrons. The predicted molar refractivity (Wildman–Crippen MR) is 86.5 cm³/mol. The number of unbranched alkanes of at least 4 members (excludes halogenated alkanes) is 4. The van der Waals surface area contributed by atoms with Gasteiger partial charge in [-0.1, -0.05) is 68.7 Å². The first-order chi connectivity index (χ1) is 9.92. The Morgan fingerprint density at radius 1 is 0.950 bits per heavy atom. The van der Waals surface area contributed by atoms with E-state index in [1.165, 1.54) is 36.8 Å². The van der Waals surface area contributed by atoms with E-state index in [2.05, 4.69) is 60.4 Å². The molecular weight excluding hydrogens is 242 g/mol. The van der Waals surface area contributed by atoms with Crippen LogP contribution in [0.2, 0.25) is 0 Å². The van der Waals surface area contributed by atoms with Crippen molar-refractivity contribution in [3.63, 3.8) is 0 Å². The zero-order valence-corrected chi connectivity index (χ0v) is 12.3. The molecule has 0 saturated heterocycles. The van der Waals surface area contributed by atoms with E-state index in [9.17, 15) is 0 Å². The summed E-state index contributed by atoms with van der Waals surface area (Å²) in [5, 5.41) is 0. The molecule has 20 heavy (non-hydrogen) atoms. The fraction of sp³-hybridized carbons (Fsp3) is 0.316. The lowest BCUT2D eigenvalue weighted by atomic mass is 10.00. The summed E-state index contributed by atoms with van der Waals surface area (Å²) in [5.74, 6) is 0. The van der Waals surface area contributed by atoms with Crippen LogP contribution in [0, 0.1) is 0 Å². The van der Waals surface area contributed by atoms with Crippen LogP contribution in [-0.4, -0.2) is 4.98 Å². The number of allylic oxidation sites excluding steroid dienone is 1. The summed E-state index contributed by atoms with van der Waals surface area (Å²) in [6.07, 6.45) is 10.5. The van der Waals surface area contributed by atoms with Gasteiger partial charge in [0.05, 0.1) is 5.69 Å². The number of rotatable bonds is 7. The minimum atomic E-state index is 1.06. The molecule has 2 aromatic rings. The van der Waals surface area contributed by atoms with E-state index in [0.717, 1.165) is 12.1 Å². The van der Waals surface area contributed by atoms with Gasteiger partial charge in [-0.3, -0.25) is 4.98 Å². The molecule has 0 atom stereocenters. The molecule has 0 fully saturated rings. The molecule has 0 spiro atoms. The molecule has 1 heteroatoms. The molecule has 0 aliphatic rings. The molecule has 0 N–H and O–H groups in total. The minimum absolute atomic E-state index is 1.06. The predicted octanol–water partition coefficient (Wildman–Crippen LogP) is 5.48. The highest BCUT2D eigenvalue weighted by atomic mass is 14.7. The third kappa shape index (κ3) is 4.34. The Balaban J connectivity index is 2.15. The van der Waals surface area contributed by atoms with E-state index < -0.39 is 0 Å². The Bertz CT molecular complexity index is 472. The molecule has 1 nitrogen and oxygen atoms in total. The SMILES string of the molecule is CCCCCC/C=C(\c1ccccc1)c1ccccn1. The average molecular weight is 265 g/mol. The molecule has 0 bridgehead atoms. The fourth-order valence-electron chi connectivity index (χ4n) is 2.33. The maximum Gasteiger partial charge on any atom is 0.0704 e. The smallest absolute Gasteiger partial charge is 0.0704 e. The molecule has 0 amide bonds. The highest BCUT2D eigenvalue weighted by Gasteiger charge is 2.04. The normalized spacial score (nSPS) is 11.6. The second-order valence-electron chi connectivity index (χ2n) is 5.05. The molecular formula is C19H23N. The molecule has 1 aromatic carbocycles. The largest absolute Gasteiger partial charge is 0.256 e. The van der Waals surface area contributed by atoms with Crippen LogP contribution in [0.1, 0.15) is 50.3 Å². The lowest BCUT2D eigenvalue weighted by Crippen LogP contribution is -1.91. The first kappa shape index (κ1) is 14.5. The van der Waals surface area contributed by atoms with Crippen LogP contribution in [0.5, 0.6) is 0 Å². The fourth-order valence-corrected chi connectivity index (χ4v) is 2.33. The summed E-state index contributed by atoms with van der Waals surface area (Å²) < 4.78 is 0. The van der Waals surface area contributed by atoms with Crippen molar-refractivity contribution in [1.82, 2.24) is 4.98 Å². The number of pyridine rings is 1. The van der Waals surface area contributed by atoms with Gasteiger partial charge in [0.25, 0.3) is 0 Å². The van der Waals surface area contributed by atoms with Crippen LogP contribution in [-0.2, 0) is 0 Å². The summed E-state index contributed by atoms with van der Waals surface area (Å²) in [7, 11) is 0. The number of nitrogens with zero attached hydrogens (tertiary/aromatic N) is 1. The van der Waals surface area contributed by atoms with Crippen molar-refractivity contribution in [2.75, 3.05) is 0 Å². The summed E-state index contributed by atoms with van der Waals surface area (Å²) in [4.78, 5) is 4.50. The van der Waals surface area contributed by atoms with Crippen LogP contribution in [0.25, 0.3) is 5.57 Å². The molecule has 0 unspecified atom stereocenters. The first-order valence-corrected chi connectivity index (χ1v) is 7.59. The number of benzene rings is 1. The quantitative estimate of drug-likeness (QED) is 0.604. The molecule has 1 aromatic heterocycles. The van der Waals surface area contributed by atoms with Gasteiger partial charge >= 0.3 is 0 Å². The van der Waals surface area contributed by atoms with E-state index >= 15 is 0 Å². The maximum absolute atomic E-state index is 4.50. The molecule has 1 heterocycles. The number of hydrogen-bond acceptors (Lipinski definition) is 1. The van der Waals surface area contributed by atoms with Gasteiger partial charge in [0.15, 0.2) is 0 Å². The van der Waals surface area contributed by atoms with Gasteiger partial charge in [0, 0.05) is 11.8 Å². The van der Waals surface area contributed by atoms with Crippen molar-refractivity contribution in [3.05, 3.63) is 72.1 Å². The van der Waals surface area contributed by atoms with E-state index in [-0.39, 0.29) is 0 Å². The van der Waals surface area contributed by atoms with Gasteiger partial charge in [0.1, 0.15) is 0 Å². The Morgan fingerprint density at radius 2 is 1.75 bits per heavy atom. The van der Waals surface area contributed by atoms with Crippen LogP contribution in [0.4, 0.5) is 0 Å². The van der Waals surface area contributed by atoms with Gasteiger partial charge in [-0.15, -0.1) is 0 Å². The van der Waals surface area contributed by atoms with E-state index in [4.69, 9.17) is 0 Å². The van der Waals surface area contributed by atoms with Crippen molar-refractivity contribution >= 4 is 5.57 Å². The zero-order valence-electron chi connectivity index (χ0n) is 12.3. The second-order valence-corrected chi connectivity index (χ2v) is 5.05. The summed E-state index contributed by atoms with van der Waals surface area (Å²) in [6, 6.07) is 16.7. The standard InChI is InChI=1S/C19H23N/c1-2-3-4-5-9-14-18(17-12-7-6-8-13-17)19-15-10-11-16-20-19/h6-8,10-16H,2-5,9H2,1H3/b18-14+. The maximum atomic E-state index is 4.50. The van der Waals surface area contributed by atoms with Gasteiger partial charge in [-0.2, -0.15) is 0 Å². The monoisotopic (exact) mass is 265 g/mol. The average Bonchev–Trinajstić information content (AvgIpc) is 2.53. The van der Waals surface area contributed by atoms with Crippen LogP contribution in [0.3, 0.4) is 0 Å². The molecule has 104 valence electrons. The van der Waals surface area contributed by atoms with E-state index in [1.807, 2.05) is 12.3 Å². The van der Waals surface area contributed by atoms with Gasteiger partial charge in [-0.05, 0) is 30.5 Å². The Hall–Kier alpha value is -1.89. The topological polar surface area (TPSA) is 12.9 Å². The lowest BCUT2D eigenvalue weighted by Gasteiger charge is -2.07. The van der Waals surface area contributed by atoms with E-state index in [1.54, 1.807) is 0 Å². The third-order valence-electron chi connectivity index (χ3n) is 3.43. The molecule has 0 aliphatic carbocycles. The summed E-state index contributed by atoms with van der Waals surface area (Å²) in [6.45, 7) is 2.25. The lowest BCUT2D eigenvalue weighted by molar-refractivity contribution is 0.675. The van der Waals surface area contributed by atoms with Crippen LogP contribution >= 0.6 is 0 Å². The van der Waals surface area contributed by atoms with Gasteiger partial charge in [-0.25, -0.2) is 0 Å². The van der Waals surface area contributed by atoms with Crippen molar-refractivity contribution in [3.8, 4) is 0 Å². The molecule has 2 rings (SSSR count). The highest BCUT2D eigenvalue weighted by Crippen LogP contribution is 2.22. The van der Waals surface area contributed by atoms with E-state index in [0.29, 0.717) is 0 Å². The Kier molecular flexibility index (Phi) is 6.04. The minimum Gasteiger partial charge on any atom is -0.256 e. The van der Waals surface area contributed by atoms with Crippen molar-refractivity contribution in [1.29, 1.82) is 0 Å². The highest BCUT2D eigenvalue weighted by molar-refractivity contribution is 5.77. The summed E-state index contributed by atoms with van der Waals surface area (Å²) in [5.41, 5.74) is 3.57. The zero-order chi connectivity index (χ0) is 14.0. The van der Waals surface area contributed by atoms with Crippen molar-refractivity contribution in [2.45, 2.75) is 39.0 Å². The van der Waals surface area contributed by atoms with Crippen LogP contribution in [0.15, 0.2) is 60.8 Å². The Labute approximate surface area is 122 Å². The van der Waals surface area contributed by atoms with Gasteiger partial charge < -0.3 is 0 Å². The third-order valence-corrected chi connectivity index (χ3v) is 3.43.